The number of aromatic nitrogens is 1. The van der Waals surface area contributed by atoms with Crippen molar-refractivity contribution in [1.82, 2.24) is 15.6 Å². The number of rotatable bonds is 7. The van der Waals surface area contributed by atoms with Crippen LogP contribution in [0.2, 0.25) is 4.34 Å². The third kappa shape index (κ3) is 7.33. The lowest BCUT2D eigenvalue weighted by Crippen LogP contribution is -2.38. The molecule has 0 radical (unpaired) electrons. The smallest absolute Gasteiger partial charge is 0.191 e. The SMILES string of the molecule is CCNC(=NCC(O)c1ccc(Cl)s1)NCCc1ccccn1.I. The highest BCUT2D eigenvalue weighted by Gasteiger charge is 2.10. The summed E-state index contributed by atoms with van der Waals surface area (Å²) < 4.78 is 0.670. The first kappa shape index (κ1) is 21.1. The minimum atomic E-state index is -0.640. The van der Waals surface area contributed by atoms with E-state index in [0.717, 1.165) is 30.1 Å². The number of aliphatic imine (C=N–C) groups is 1. The molecule has 5 nitrogen and oxygen atoms in total. The summed E-state index contributed by atoms with van der Waals surface area (Å²) in [6.07, 6.45) is 1.96. The molecular formula is C16H22ClIN4OS. The highest BCUT2D eigenvalue weighted by molar-refractivity contribution is 14.0. The van der Waals surface area contributed by atoms with Gasteiger partial charge in [-0.1, -0.05) is 17.7 Å². The first-order valence-corrected chi connectivity index (χ1v) is 8.74. The van der Waals surface area contributed by atoms with Crippen LogP contribution in [0.5, 0.6) is 0 Å². The van der Waals surface area contributed by atoms with Gasteiger partial charge in [0.2, 0.25) is 0 Å². The molecule has 0 saturated carbocycles. The second kappa shape index (κ2) is 11.6. The normalized spacial score (nSPS) is 12.4. The predicted octanol–water partition coefficient (Wildman–Crippen LogP) is 3.25. The van der Waals surface area contributed by atoms with E-state index in [4.69, 9.17) is 11.6 Å². The molecule has 0 aromatic carbocycles. The molecule has 2 heterocycles. The van der Waals surface area contributed by atoms with Crippen LogP contribution in [0.4, 0.5) is 0 Å². The Morgan fingerprint density at radius 3 is 2.79 bits per heavy atom. The molecule has 0 spiro atoms. The van der Waals surface area contributed by atoms with E-state index in [1.54, 1.807) is 12.3 Å². The molecule has 0 fully saturated rings. The monoisotopic (exact) mass is 480 g/mol. The van der Waals surface area contributed by atoms with Gasteiger partial charge in [0.05, 0.1) is 10.9 Å². The zero-order valence-electron chi connectivity index (χ0n) is 13.4. The summed E-state index contributed by atoms with van der Waals surface area (Å²) >= 11 is 7.26. The van der Waals surface area contributed by atoms with Gasteiger partial charge in [0.15, 0.2) is 5.96 Å². The molecule has 24 heavy (non-hydrogen) atoms. The fraction of sp³-hybridized carbons (Fsp3) is 0.375. The lowest BCUT2D eigenvalue weighted by Gasteiger charge is -2.12. The van der Waals surface area contributed by atoms with Gasteiger partial charge < -0.3 is 15.7 Å². The van der Waals surface area contributed by atoms with E-state index in [1.165, 1.54) is 11.3 Å². The standard InChI is InChI=1S/C16H21ClN4OS.HI/c1-2-18-16(20-10-8-12-5-3-4-9-19-12)21-11-13(22)14-6-7-15(17)23-14;/h3-7,9,13,22H,2,8,10-11H2,1H3,(H2,18,20,21);1H. The van der Waals surface area contributed by atoms with E-state index in [0.29, 0.717) is 10.3 Å². The maximum Gasteiger partial charge on any atom is 0.191 e. The van der Waals surface area contributed by atoms with Crippen molar-refractivity contribution in [1.29, 1.82) is 0 Å². The number of nitrogens with one attached hydrogen (secondary N) is 2. The number of nitrogens with zero attached hydrogens (tertiary/aromatic N) is 2. The summed E-state index contributed by atoms with van der Waals surface area (Å²) in [7, 11) is 0. The number of hydrogen-bond donors (Lipinski definition) is 3. The van der Waals surface area contributed by atoms with E-state index >= 15 is 0 Å². The Balaban J connectivity index is 0.00000288. The molecule has 2 aromatic heterocycles. The van der Waals surface area contributed by atoms with Crippen LogP contribution in [0.3, 0.4) is 0 Å². The van der Waals surface area contributed by atoms with Crippen molar-refractivity contribution in [3.05, 3.63) is 51.4 Å². The van der Waals surface area contributed by atoms with Crippen LogP contribution in [-0.2, 0) is 6.42 Å². The minimum absolute atomic E-state index is 0. The van der Waals surface area contributed by atoms with Crippen LogP contribution < -0.4 is 10.6 Å². The van der Waals surface area contributed by atoms with Crippen molar-refractivity contribution in [3.63, 3.8) is 0 Å². The van der Waals surface area contributed by atoms with Crippen molar-refractivity contribution in [2.24, 2.45) is 4.99 Å². The molecule has 0 saturated heterocycles. The molecule has 2 aromatic rings. The Morgan fingerprint density at radius 1 is 1.33 bits per heavy atom. The zero-order valence-corrected chi connectivity index (χ0v) is 17.3. The third-order valence-corrected chi connectivity index (χ3v) is 4.42. The van der Waals surface area contributed by atoms with Crippen molar-refractivity contribution in [2.75, 3.05) is 19.6 Å². The van der Waals surface area contributed by atoms with Gasteiger partial charge in [-0.3, -0.25) is 9.98 Å². The van der Waals surface area contributed by atoms with Gasteiger partial charge in [0, 0.05) is 36.3 Å². The number of hydrogen-bond acceptors (Lipinski definition) is 4. The zero-order chi connectivity index (χ0) is 16.5. The van der Waals surface area contributed by atoms with Crippen molar-refractivity contribution < 1.29 is 5.11 Å². The summed E-state index contributed by atoms with van der Waals surface area (Å²) in [5.41, 5.74) is 1.03. The molecule has 132 valence electrons. The van der Waals surface area contributed by atoms with Gasteiger partial charge in [-0.05, 0) is 31.2 Å². The van der Waals surface area contributed by atoms with Crippen LogP contribution in [0.25, 0.3) is 0 Å². The second-order valence-electron chi connectivity index (χ2n) is 4.88. The quantitative estimate of drug-likeness (QED) is 0.323. The lowest BCUT2D eigenvalue weighted by atomic mass is 10.3. The lowest BCUT2D eigenvalue weighted by molar-refractivity contribution is 0.191. The van der Waals surface area contributed by atoms with Crippen LogP contribution in [0.1, 0.15) is 23.6 Å². The molecule has 1 unspecified atom stereocenters. The molecule has 2 rings (SSSR count). The number of guanidine groups is 1. The van der Waals surface area contributed by atoms with E-state index < -0.39 is 6.10 Å². The Kier molecular flexibility index (Phi) is 10.2. The minimum Gasteiger partial charge on any atom is -0.386 e. The summed E-state index contributed by atoms with van der Waals surface area (Å²) in [5, 5.41) is 16.5. The highest BCUT2D eigenvalue weighted by atomic mass is 127. The Hall–Kier alpha value is -0.900. The van der Waals surface area contributed by atoms with Crippen molar-refractivity contribution in [2.45, 2.75) is 19.4 Å². The van der Waals surface area contributed by atoms with E-state index in [-0.39, 0.29) is 30.5 Å². The Morgan fingerprint density at radius 2 is 2.17 bits per heavy atom. The van der Waals surface area contributed by atoms with Gasteiger partial charge in [0.25, 0.3) is 0 Å². The largest absolute Gasteiger partial charge is 0.386 e. The molecule has 0 aliphatic heterocycles. The van der Waals surface area contributed by atoms with Crippen LogP contribution in [0.15, 0.2) is 41.5 Å². The number of aliphatic hydroxyl groups is 1. The van der Waals surface area contributed by atoms with Crippen molar-refractivity contribution >= 4 is 52.9 Å². The van der Waals surface area contributed by atoms with E-state index in [1.807, 2.05) is 31.2 Å². The third-order valence-electron chi connectivity index (χ3n) is 3.09. The molecule has 0 aliphatic rings. The van der Waals surface area contributed by atoms with Gasteiger partial charge in [0.1, 0.15) is 6.10 Å². The number of halogens is 2. The maximum atomic E-state index is 10.1. The average Bonchev–Trinajstić information content (AvgIpc) is 3.00. The molecule has 0 bridgehead atoms. The molecule has 0 amide bonds. The number of thiophene rings is 1. The van der Waals surface area contributed by atoms with E-state index in [2.05, 4.69) is 20.6 Å². The van der Waals surface area contributed by atoms with Gasteiger partial charge >= 0.3 is 0 Å². The second-order valence-corrected chi connectivity index (χ2v) is 6.62. The van der Waals surface area contributed by atoms with Crippen molar-refractivity contribution in [3.8, 4) is 0 Å². The first-order valence-electron chi connectivity index (χ1n) is 7.54. The van der Waals surface area contributed by atoms with Gasteiger partial charge in [-0.25, -0.2) is 0 Å². The van der Waals surface area contributed by atoms with Crippen LogP contribution >= 0.6 is 46.9 Å². The average molecular weight is 481 g/mol. The summed E-state index contributed by atoms with van der Waals surface area (Å²) in [6, 6.07) is 9.49. The van der Waals surface area contributed by atoms with Crippen LogP contribution in [-0.4, -0.2) is 35.7 Å². The molecule has 3 N–H and O–H groups in total. The Bertz CT molecular complexity index is 624. The number of aliphatic hydroxyl groups excluding tert-OH is 1. The summed E-state index contributed by atoms with van der Waals surface area (Å²) in [6.45, 7) is 3.78. The molecular weight excluding hydrogens is 459 g/mol. The molecule has 1 atom stereocenters. The summed E-state index contributed by atoms with van der Waals surface area (Å²) in [4.78, 5) is 9.53. The molecule has 0 aliphatic carbocycles. The summed E-state index contributed by atoms with van der Waals surface area (Å²) in [5.74, 6) is 0.685. The van der Waals surface area contributed by atoms with E-state index in [9.17, 15) is 5.11 Å². The Labute approximate surface area is 168 Å². The first-order chi connectivity index (χ1) is 11.2. The maximum absolute atomic E-state index is 10.1. The van der Waals surface area contributed by atoms with Gasteiger partial charge in [-0.2, -0.15) is 0 Å². The fourth-order valence-electron chi connectivity index (χ4n) is 1.97. The number of pyridine rings is 1. The predicted molar refractivity (Wildman–Crippen MR) is 112 cm³/mol. The topological polar surface area (TPSA) is 69.5 Å². The highest BCUT2D eigenvalue weighted by Crippen LogP contribution is 2.26. The van der Waals surface area contributed by atoms with Crippen LogP contribution in [0, 0.1) is 0 Å². The fourth-order valence-corrected chi connectivity index (χ4v) is 3.01. The molecule has 8 heteroatoms. The van der Waals surface area contributed by atoms with Gasteiger partial charge in [-0.15, -0.1) is 35.3 Å².